The van der Waals surface area contributed by atoms with Crippen molar-refractivity contribution >= 4 is 17.4 Å². The van der Waals surface area contributed by atoms with Crippen LogP contribution >= 0.6 is 0 Å². The lowest BCUT2D eigenvalue weighted by Gasteiger charge is -2.06. The number of fused-ring (bicyclic) bond motifs is 1. The van der Waals surface area contributed by atoms with Crippen LogP contribution in [0.2, 0.25) is 0 Å². The standard InChI is InChI=1S/C15H14FN5O/c1-8-6-11(16)4-5-12(8)18-14(22)13-19-15-17-9(2)7-10(3)21(15)20-13/h4-7H,1-3H3,(H,18,22). The molecule has 0 spiro atoms. The summed E-state index contributed by atoms with van der Waals surface area (Å²) < 4.78 is 14.6. The lowest BCUT2D eigenvalue weighted by molar-refractivity contribution is 0.101. The smallest absolute Gasteiger partial charge is 0.295 e. The zero-order chi connectivity index (χ0) is 15.9. The molecule has 2 aromatic heterocycles. The van der Waals surface area contributed by atoms with Crippen LogP contribution in [0.25, 0.3) is 5.78 Å². The minimum Gasteiger partial charge on any atom is -0.319 e. The minimum atomic E-state index is -0.461. The fourth-order valence-electron chi connectivity index (χ4n) is 2.21. The number of aryl methyl sites for hydroxylation is 3. The van der Waals surface area contributed by atoms with Crippen molar-refractivity contribution in [1.82, 2.24) is 19.6 Å². The average Bonchev–Trinajstić information content (AvgIpc) is 2.86. The summed E-state index contributed by atoms with van der Waals surface area (Å²) in [5.74, 6) is -0.419. The Kier molecular flexibility index (Phi) is 3.32. The topological polar surface area (TPSA) is 72.2 Å². The van der Waals surface area contributed by atoms with E-state index < -0.39 is 5.91 Å². The molecule has 0 atom stereocenters. The highest BCUT2D eigenvalue weighted by Crippen LogP contribution is 2.16. The van der Waals surface area contributed by atoms with Crippen LogP contribution in [0.3, 0.4) is 0 Å². The van der Waals surface area contributed by atoms with E-state index in [1.807, 2.05) is 19.9 Å². The van der Waals surface area contributed by atoms with Crippen molar-refractivity contribution in [3.05, 3.63) is 52.9 Å². The molecular formula is C15H14FN5O. The van der Waals surface area contributed by atoms with Gasteiger partial charge in [-0.25, -0.2) is 13.9 Å². The first-order valence-corrected chi connectivity index (χ1v) is 6.72. The predicted molar refractivity (Wildman–Crippen MR) is 79.3 cm³/mol. The van der Waals surface area contributed by atoms with Gasteiger partial charge in [-0.2, -0.15) is 4.98 Å². The Morgan fingerprint density at radius 1 is 1.18 bits per heavy atom. The minimum absolute atomic E-state index is 0.0184. The number of nitrogens with zero attached hydrogens (tertiary/aromatic N) is 4. The van der Waals surface area contributed by atoms with E-state index in [1.54, 1.807) is 6.92 Å². The third-order valence-electron chi connectivity index (χ3n) is 3.26. The summed E-state index contributed by atoms with van der Waals surface area (Å²) in [7, 11) is 0. The van der Waals surface area contributed by atoms with Gasteiger partial charge in [0.2, 0.25) is 5.82 Å². The first-order chi connectivity index (χ1) is 10.4. The highest BCUT2D eigenvalue weighted by Gasteiger charge is 2.16. The van der Waals surface area contributed by atoms with Crippen LogP contribution in [-0.4, -0.2) is 25.5 Å². The van der Waals surface area contributed by atoms with Gasteiger partial charge in [0, 0.05) is 17.1 Å². The molecule has 0 saturated carbocycles. The van der Waals surface area contributed by atoms with Crippen LogP contribution in [0.4, 0.5) is 10.1 Å². The first-order valence-electron chi connectivity index (χ1n) is 6.72. The second kappa shape index (κ2) is 5.18. The zero-order valence-corrected chi connectivity index (χ0v) is 12.4. The lowest BCUT2D eigenvalue weighted by Crippen LogP contribution is -2.14. The maximum absolute atomic E-state index is 13.1. The lowest BCUT2D eigenvalue weighted by atomic mass is 10.2. The van der Waals surface area contributed by atoms with Gasteiger partial charge < -0.3 is 5.32 Å². The molecule has 0 saturated heterocycles. The van der Waals surface area contributed by atoms with Gasteiger partial charge in [-0.05, 0) is 50.6 Å². The third-order valence-corrected chi connectivity index (χ3v) is 3.26. The predicted octanol–water partition coefficient (Wildman–Crippen LogP) is 2.44. The Morgan fingerprint density at radius 3 is 2.68 bits per heavy atom. The van der Waals surface area contributed by atoms with Crippen molar-refractivity contribution in [2.24, 2.45) is 0 Å². The number of hydrogen-bond acceptors (Lipinski definition) is 4. The Balaban J connectivity index is 1.93. The van der Waals surface area contributed by atoms with E-state index in [-0.39, 0.29) is 11.6 Å². The summed E-state index contributed by atoms with van der Waals surface area (Å²) in [5.41, 5.74) is 2.79. The summed E-state index contributed by atoms with van der Waals surface area (Å²) in [6, 6.07) is 6.00. The van der Waals surface area contributed by atoms with Crippen LogP contribution < -0.4 is 5.32 Å². The molecule has 1 N–H and O–H groups in total. The molecule has 22 heavy (non-hydrogen) atoms. The molecule has 3 rings (SSSR count). The number of hydrogen-bond donors (Lipinski definition) is 1. The van der Waals surface area contributed by atoms with Crippen molar-refractivity contribution in [2.45, 2.75) is 20.8 Å². The number of anilines is 1. The van der Waals surface area contributed by atoms with E-state index in [1.165, 1.54) is 22.7 Å². The second-order valence-electron chi connectivity index (χ2n) is 5.10. The number of aromatic nitrogens is 4. The summed E-state index contributed by atoms with van der Waals surface area (Å²) in [6.07, 6.45) is 0. The second-order valence-corrected chi connectivity index (χ2v) is 5.10. The van der Waals surface area contributed by atoms with Crippen molar-refractivity contribution in [1.29, 1.82) is 0 Å². The SMILES string of the molecule is Cc1cc(C)n2nc(C(=O)Nc3ccc(F)cc3C)nc2n1. The number of amides is 1. The van der Waals surface area contributed by atoms with E-state index in [0.717, 1.165) is 11.4 Å². The van der Waals surface area contributed by atoms with E-state index in [9.17, 15) is 9.18 Å². The monoisotopic (exact) mass is 299 g/mol. The average molecular weight is 299 g/mol. The molecule has 112 valence electrons. The van der Waals surface area contributed by atoms with Crippen LogP contribution in [0.1, 0.15) is 27.6 Å². The maximum Gasteiger partial charge on any atom is 0.295 e. The molecule has 6 nitrogen and oxygen atoms in total. The van der Waals surface area contributed by atoms with Crippen molar-refractivity contribution in [2.75, 3.05) is 5.32 Å². The summed E-state index contributed by atoms with van der Waals surface area (Å²) in [6.45, 7) is 5.43. The highest BCUT2D eigenvalue weighted by atomic mass is 19.1. The van der Waals surface area contributed by atoms with Crippen LogP contribution in [-0.2, 0) is 0 Å². The van der Waals surface area contributed by atoms with Gasteiger partial charge in [-0.15, -0.1) is 5.10 Å². The Bertz CT molecular complexity index is 887. The largest absolute Gasteiger partial charge is 0.319 e. The Morgan fingerprint density at radius 2 is 1.95 bits per heavy atom. The molecule has 0 bridgehead atoms. The molecule has 1 aromatic carbocycles. The quantitative estimate of drug-likeness (QED) is 0.789. The van der Waals surface area contributed by atoms with Crippen LogP contribution in [0.5, 0.6) is 0 Å². The Hall–Kier alpha value is -2.83. The number of carbonyl (C=O) groups is 1. The van der Waals surface area contributed by atoms with Crippen LogP contribution in [0, 0.1) is 26.6 Å². The fraction of sp³-hybridized carbons (Fsp3) is 0.200. The Labute approximate surface area is 126 Å². The number of benzene rings is 1. The van der Waals surface area contributed by atoms with E-state index in [0.29, 0.717) is 17.0 Å². The molecule has 0 radical (unpaired) electrons. The third kappa shape index (κ3) is 2.52. The molecular weight excluding hydrogens is 285 g/mol. The van der Waals surface area contributed by atoms with Crippen molar-refractivity contribution in [3.63, 3.8) is 0 Å². The van der Waals surface area contributed by atoms with E-state index in [2.05, 4.69) is 20.4 Å². The number of nitrogens with one attached hydrogen (secondary N) is 1. The molecule has 1 amide bonds. The fourth-order valence-corrected chi connectivity index (χ4v) is 2.21. The molecule has 2 heterocycles. The molecule has 7 heteroatoms. The van der Waals surface area contributed by atoms with Crippen LogP contribution in [0.15, 0.2) is 24.3 Å². The van der Waals surface area contributed by atoms with Gasteiger partial charge in [-0.1, -0.05) is 0 Å². The molecule has 3 aromatic rings. The summed E-state index contributed by atoms with van der Waals surface area (Å²) in [5, 5.41) is 6.83. The van der Waals surface area contributed by atoms with E-state index in [4.69, 9.17) is 0 Å². The van der Waals surface area contributed by atoms with Gasteiger partial charge in [0.15, 0.2) is 0 Å². The number of halogens is 1. The number of carbonyl (C=O) groups excluding carboxylic acids is 1. The molecule has 0 aliphatic heterocycles. The van der Waals surface area contributed by atoms with Gasteiger partial charge in [0.1, 0.15) is 5.82 Å². The maximum atomic E-state index is 13.1. The molecule has 0 aliphatic rings. The summed E-state index contributed by atoms with van der Waals surface area (Å²) in [4.78, 5) is 20.6. The normalized spacial score (nSPS) is 10.9. The zero-order valence-electron chi connectivity index (χ0n) is 12.4. The molecule has 0 unspecified atom stereocenters. The van der Waals surface area contributed by atoms with Gasteiger partial charge in [0.05, 0.1) is 0 Å². The van der Waals surface area contributed by atoms with Gasteiger partial charge in [0.25, 0.3) is 11.7 Å². The van der Waals surface area contributed by atoms with Crippen molar-refractivity contribution < 1.29 is 9.18 Å². The first kappa shape index (κ1) is 14.1. The molecule has 0 aliphatic carbocycles. The van der Waals surface area contributed by atoms with Crippen molar-refractivity contribution in [3.8, 4) is 0 Å². The van der Waals surface area contributed by atoms with Gasteiger partial charge >= 0.3 is 0 Å². The summed E-state index contributed by atoms with van der Waals surface area (Å²) >= 11 is 0. The molecule has 0 fully saturated rings. The van der Waals surface area contributed by atoms with E-state index >= 15 is 0 Å². The highest BCUT2D eigenvalue weighted by molar-refractivity contribution is 6.02. The van der Waals surface area contributed by atoms with Gasteiger partial charge in [-0.3, -0.25) is 4.79 Å². The number of rotatable bonds is 2.